The Bertz CT molecular complexity index is 332. The first-order valence-electron chi connectivity index (χ1n) is 5.49. The number of hydrogen-bond acceptors (Lipinski definition) is 2. The third-order valence-electron chi connectivity index (χ3n) is 3.25. The van der Waals surface area contributed by atoms with Crippen molar-refractivity contribution < 1.29 is 8.78 Å². The molecule has 0 saturated carbocycles. The first-order valence-corrected chi connectivity index (χ1v) is 5.49. The van der Waals surface area contributed by atoms with Crippen molar-refractivity contribution >= 4 is 5.69 Å². The molecule has 1 heterocycles. The van der Waals surface area contributed by atoms with Gasteiger partial charge in [-0.15, -0.1) is 0 Å². The van der Waals surface area contributed by atoms with Crippen molar-refractivity contribution in [3.8, 4) is 0 Å². The number of para-hydroxylation sites is 1. The van der Waals surface area contributed by atoms with Crippen molar-refractivity contribution in [1.82, 2.24) is 0 Å². The molecule has 1 aromatic carbocycles. The molecule has 88 valence electrons. The van der Waals surface area contributed by atoms with Gasteiger partial charge >= 0.3 is 0 Å². The van der Waals surface area contributed by atoms with E-state index in [9.17, 15) is 8.78 Å². The molecule has 0 unspecified atom stereocenters. The molecule has 0 atom stereocenters. The van der Waals surface area contributed by atoms with Gasteiger partial charge in [-0.05, 0) is 25.0 Å². The van der Waals surface area contributed by atoms with E-state index in [0.29, 0.717) is 25.9 Å². The molecule has 16 heavy (non-hydrogen) atoms. The lowest BCUT2D eigenvalue weighted by atomic mass is 9.89. The minimum Gasteiger partial charge on any atom is -0.371 e. The normalized spacial score (nSPS) is 20.1. The molecule has 0 amide bonds. The van der Waals surface area contributed by atoms with E-state index < -0.39 is 12.0 Å². The molecule has 2 N–H and O–H groups in total. The first-order chi connectivity index (χ1) is 7.62. The molecular weight excluding hydrogens is 210 g/mol. The fourth-order valence-corrected chi connectivity index (χ4v) is 2.04. The SMILES string of the molecule is NC1(C(F)F)CCN(c2ccccc2)CC1. The van der Waals surface area contributed by atoms with Crippen LogP contribution in [0.25, 0.3) is 0 Å². The smallest absolute Gasteiger partial charge is 0.256 e. The highest BCUT2D eigenvalue weighted by Gasteiger charge is 2.38. The molecule has 0 bridgehead atoms. The molecule has 1 fully saturated rings. The molecule has 1 aromatic rings. The van der Waals surface area contributed by atoms with Crippen LogP contribution in [0.4, 0.5) is 14.5 Å². The Morgan fingerprint density at radius 1 is 1.12 bits per heavy atom. The Labute approximate surface area is 94.0 Å². The third-order valence-corrected chi connectivity index (χ3v) is 3.25. The molecule has 0 spiro atoms. The summed E-state index contributed by atoms with van der Waals surface area (Å²) >= 11 is 0. The maximum absolute atomic E-state index is 12.7. The van der Waals surface area contributed by atoms with Crippen LogP contribution >= 0.6 is 0 Å². The van der Waals surface area contributed by atoms with Crippen molar-refractivity contribution in [3.63, 3.8) is 0 Å². The van der Waals surface area contributed by atoms with E-state index in [-0.39, 0.29) is 0 Å². The van der Waals surface area contributed by atoms with Gasteiger partial charge in [0.15, 0.2) is 0 Å². The molecule has 2 rings (SSSR count). The molecule has 1 aliphatic heterocycles. The summed E-state index contributed by atoms with van der Waals surface area (Å²) < 4.78 is 25.4. The lowest BCUT2D eigenvalue weighted by Crippen LogP contribution is -2.55. The zero-order valence-electron chi connectivity index (χ0n) is 9.07. The molecule has 2 nitrogen and oxygen atoms in total. The number of halogens is 2. The third kappa shape index (κ3) is 2.16. The van der Waals surface area contributed by atoms with Crippen molar-refractivity contribution in [3.05, 3.63) is 30.3 Å². The Morgan fingerprint density at radius 3 is 2.19 bits per heavy atom. The monoisotopic (exact) mass is 226 g/mol. The summed E-state index contributed by atoms with van der Waals surface area (Å²) in [5.74, 6) is 0. The van der Waals surface area contributed by atoms with Crippen LogP contribution in [0.1, 0.15) is 12.8 Å². The number of alkyl halides is 2. The highest BCUT2D eigenvalue weighted by molar-refractivity contribution is 5.46. The van der Waals surface area contributed by atoms with E-state index in [4.69, 9.17) is 5.73 Å². The largest absolute Gasteiger partial charge is 0.371 e. The lowest BCUT2D eigenvalue weighted by Gasteiger charge is -2.39. The predicted octanol–water partition coefficient (Wildman–Crippen LogP) is 2.25. The highest BCUT2D eigenvalue weighted by atomic mass is 19.3. The van der Waals surface area contributed by atoms with Gasteiger partial charge < -0.3 is 10.6 Å². The Hall–Kier alpha value is -1.16. The van der Waals surface area contributed by atoms with Crippen LogP contribution in [0.15, 0.2) is 30.3 Å². The summed E-state index contributed by atoms with van der Waals surface area (Å²) in [7, 11) is 0. The molecule has 0 radical (unpaired) electrons. The predicted molar refractivity (Wildman–Crippen MR) is 60.8 cm³/mol. The van der Waals surface area contributed by atoms with E-state index >= 15 is 0 Å². The molecule has 1 saturated heterocycles. The van der Waals surface area contributed by atoms with Crippen LogP contribution in [0, 0.1) is 0 Å². The molecule has 4 heteroatoms. The van der Waals surface area contributed by atoms with Gasteiger partial charge in [0.2, 0.25) is 0 Å². The minimum absolute atomic E-state index is 0.347. The van der Waals surface area contributed by atoms with E-state index in [1.165, 1.54) is 0 Å². The van der Waals surface area contributed by atoms with Crippen molar-refractivity contribution in [1.29, 1.82) is 0 Å². The quantitative estimate of drug-likeness (QED) is 0.838. The average molecular weight is 226 g/mol. The molecular formula is C12H16F2N2. The second-order valence-corrected chi connectivity index (χ2v) is 4.36. The van der Waals surface area contributed by atoms with Crippen LogP contribution in [0.3, 0.4) is 0 Å². The van der Waals surface area contributed by atoms with Gasteiger partial charge in [-0.25, -0.2) is 8.78 Å². The Kier molecular flexibility index (Phi) is 3.10. The van der Waals surface area contributed by atoms with Crippen LogP contribution < -0.4 is 10.6 Å². The maximum atomic E-state index is 12.7. The van der Waals surface area contributed by atoms with Gasteiger partial charge in [0.05, 0.1) is 5.54 Å². The summed E-state index contributed by atoms with van der Waals surface area (Å²) in [4.78, 5) is 2.10. The van der Waals surface area contributed by atoms with Crippen LogP contribution in [0.2, 0.25) is 0 Å². The van der Waals surface area contributed by atoms with Gasteiger partial charge in [-0.1, -0.05) is 18.2 Å². The Morgan fingerprint density at radius 2 is 1.69 bits per heavy atom. The molecule has 0 aromatic heterocycles. The lowest BCUT2D eigenvalue weighted by molar-refractivity contribution is 0.0391. The van der Waals surface area contributed by atoms with E-state index in [0.717, 1.165) is 5.69 Å². The minimum atomic E-state index is -2.43. The van der Waals surface area contributed by atoms with E-state index in [1.54, 1.807) is 0 Å². The van der Waals surface area contributed by atoms with Gasteiger partial charge in [0, 0.05) is 18.8 Å². The molecule has 1 aliphatic rings. The van der Waals surface area contributed by atoms with Gasteiger partial charge in [0.25, 0.3) is 6.43 Å². The highest BCUT2D eigenvalue weighted by Crippen LogP contribution is 2.28. The summed E-state index contributed by atoms with van der Waals surface area (Å²) in [6.45, 7) is 1.20. The van der Waals surface area contributed by atoms with E-state index in [1.807, 2.05) is 30.3 Å². The maximum Gasteiger partial charge on any atom is 0.256 e. The van der Waals surface area contributed by atoms with Crippen molar-refractivity contribution in [2.45, 2.75) is 24.8 Å². The topological polar surface area (TPSA) is 29.3 Å². The van der Waals surface area contributed by atoms with Crippen molar-refractivity contribution in [2.75, 3.05) is 18.0 Å². The van der Waals surface area contributed by atoms with Crippen LogP contribution in [-0.2, 0) is 0 Å². The van der Waals surface area contributed by atoms with Crippen LogP contribution in [0.5, 0.6) is 0 Å². The van der Waals surface area contributed by atoms with Crippen LogP contribution in [-0.4, -0.2) is 25.1 Å². The second kappa shape index (κ2) is 4.37. The summed E-state index contributed by atoms with van der Waals surface area (Å²) in [6.07, 6.45) is -1.73. The fraction of sp³-hybridized carbons (Fsp3) is 0.500. The van der Waals surface area contributed by atoms with Crippen molar-refractivity contribution in [2.24, 2.45) is 5.73 Å². The summed E-state index contributed by atoms with van der Waals surface area (Å²) in [5, 5.41) is 0. The number of nitrogens with zero attached hydrogens (tertiary/aromatic N) is 1. The standard InChI is InChI=1S/C12H16F2N2/c13-11(14)12(15)6-8-16(9-7-12)10-4-2-1-3-5-10/h1-5,11H,6-9,15H2. The number of anilines is 1. The number of rotatable bonds is 2. The molecule has 0 aliphatic carbocycles. The first kappa shape index (κ1) is 11.3. The zero-order chi connectivity index (χ0) is 11.6. The summed E-state index contributed by atoms with van der Waals surface area (Å²) in [6, 6.07) is 9.83. The summed E-state index contributed by atoms with van der Waals surface area (Å²) in [5.41, 5.74) is 5.46. The number of nitrogens with two attached hydrogens (primary N) is 1. The van der Waals surface area contributed by atoms with Gasteiger partial charge in [0.1, 0.15) is 0 Å². The van der Waals surface area contributed by atoms with Gasteiger partial charge in [-0.2, -0.15) is 0 Å². The second-order valence-electron chi connectivity index (χ2n) is 4.36. The Balaban J connectivity index is 2.01. The zero-order valence-corrected chi connectivity index (χ0v) is 9.07. The number of hydrogen-bond donors (Lipinski definition) is 1. The van der Waals surface area contributed by atoms with E-state index in [2.05, 4.69) is 4.90 Å². The fourth-order valence-electron chi connectivity index (χ4n) is 2.04. The number of piperidine rings is 1. The van der Waals surface area contributed by atoms with Gasteiger partial charge in [-0.3, -0.25) is 0 Å². The average Bonchev–Trinajstić information content (AvgIpc) is 2.31. The number of benzene rings is 1.